The van der Waals surface area contributed by atoms with Gasteiger partial charge in [0.2, 0.25) is 0 Å². The molecule has 2 atom stereocenters. The fraction of sp³-hybridized carbons (Fsp3) is 0.375. The van der Waals surface area contributed by atoms with Crippen molar-refractivity contribution in [2.75, 3.05) is 0 Å². The normalized spacial score (nSPS) is 14.1. The summed E-state index contributed by atoms with van der Waals surface area (Å²) in [7, 11) is 0. The molecular weight excluding hydrogens is 318 g/mol. The Morgan fingerprint density at radius 3 is 2.60 bits per heavy atom. The van der Waals surface area contributed by atoms with E-state index in [1.165, 1.54) is 0 Å². The van der Waals surface area contributed by atoms with Gasteiger partial charge in [0, 0.05) is 10.5 Å². The number of benzene rings is 1. The van der Waals surface area contributed by atoms with Crippen molar-refractivity contribution < 1.29 is 9.15 Å². The number of nitrogens with two attached hydrogens (primary N) is 1. The van der Waals surface area contributed by atoms with Crippen LogP contribution in [0.3, 0.4) is 0 Å². The molecule has 20 heavy (non-hydrogen) atoms. The van der Waals surface area contributed by atoms with E-state index in [0.29, 0.717) is 0 Å². The highest BCUT2D eigenvalue weighted by atomic mass is 79.9. The fourth-order valence-electron chi connectivity index (χ4n) is 2.01. The van der Waals surface area contributed by atoms with Gasteiger partial charge in [-0.2, -0.15) is 0 Å². The Labute approximate surface area is 128 Å². The monoisotopic (exact) mass is 337 g/mol. The molecule has 2 rings (SSSR count). The van der Waals surface area contributed by atoms with E-state index in [0.717, 1.165) is 33.7 Å². The molecule has 0 amide bonds. The highest BCUT2D eigenvalue weighted by Crippen LogP contribution is 2.30. The van der Waals surface area contributed by atoms with Gasteiger partial charge in [0.25, 0.3) is 0 Å². The van der Waals surface area contributed by atoms with Gasteiger partial charge in [0.1, 0.15) is 17.3 Å². The molecule has 0 aliphatic rings. The number of rotatable bonds is 5. The summed E-state index contributed by atoms with van der Waals surface area (Å²) in [5.74, 6) is 2.46. The van der Waals surface area contributed by atoms with Gasteiger partial charge in [0.05, 0.1) is 0 Å². The number of hydrogen-bond donors (Lipinski definition) is 1. The first-order valence-corrected chi connectivity index (χ1v) is 7.55. The number of hydrogen-bond acceptors (Lipinski definition) is 3. The van der Waals surface area contributed by atoms with Gasteiger partial charge in [-0.25, -0.2) is 0 Å². The van der Waals surface area contributed by atoms with Crippen LogP contribution in [0.5, 0.6) is 5.75 Å². The van der Waals surface area contributed by atoms with Gasteiger partial charge in [-0.3, -0.25) is 0 Å². The molecule has 1 aromatic heterocycles. The van der Waals surface area contributed by atoms with E-state index in [1.54, 1.807) is 0 Å². The average Bonchev–Trinajstić information content (AvgIpc) is 2.85. The Morgan fingerprint density at radius 1 is 1.25 bits per heavy atom. The van der Waals surface area contributed by atoms with Crippen LogP contribution in [0.2, 0.25) is 0 Å². The largest absolute Gasteiger partial charge is 0.481 e. The van der Waals surface area contributed by atoms with Crippen LogP contribution in [0.1, 0.15) is 36.5 Å². The second-order valence-electron chi connectivity index (χ2n) is 4.97. The van der Waals surface area contributed by atoms with Crippen LogP contribution in [-0.2, 0) is 0 Å². The van der Waals surface area contributed by atoms with E-state index < -0.39 is 0 Å². The Morgan fingerprint density at radius 2 is 2.00 bits per heavy atom. The highest BCUT2D eigenvalue weighted by Gasteiger charge is 2.24. The second kappa shape index (κ2) is 6.46. The van der Waals surface area contributed by atoms with Crippen molar-refractivity contribution >= 4 is 15.9 Å². The number of halogens is 1. The average molecular weight is 338 g/mol. The summed E-state index contributed by atoms with van der Waals surface area (Å²) in [6.45, 7) is 5.98. The SMILES string of the molecule is CCC(N)C(Oc1cc(Br)ccc1C)c1ccc(C)o1. The number of aryl methyl sites for hydroxylation is 2. The van der Waals surface area contributed by atoms with Gasteiger partial charge in [0.15, 0.2) is 6.10 Å². The second-order valence-corrected chi connectivity index (χ2v) is 5.88. The summed E-state index contributed by atoms with van der Waals surface area (Å²) in [5, 5.41) is 0. The lowest BCUT2D eigenvalue weighted by Gasteiger charge is -2.23. The van der Waals surface area contributed by atoms with E-state index >= 15 is 0 Å². The molecule has 2 unspecified atom stereocenters. The maximum absolute atomic E-state index is 6.20. The molecule has 4 heteroatoms. The first kappa shape index (κ1) is 15.1. The number of furan rings is 1. The Bertz CT molecular complexity index is 580. The molecular formula is C16H20BrNO2. The van der Waals surface area contributed by atoms with E-state index in [1.807, 2.05) is 51.1 Å². The molecule has 0 fully saturated rings. The summed E-state index contributed by atoms with van der Waals surface area (Å²) in [6, 6.07) is 9.72. The molecule has 1 heterocycles. The molecule has 0 aliphatic heterocycles. The van der Waals surface area contributed by atoms with E-state index in [2.05, 4.69) is 15.9 Å². The molecule has 0 saturated heterocycles. The minimum absolute atomic E-state index is 0.112. The van der Waals surface area contributed by atoms with Gasteiger partial charge in [-0.05, 0) is 50.1 Å². The zero-order valence-electron chi connectivity index (χ0n) is 12.0. The van der Waals surface area contributed by atoms with Crippen molar-refractivity contribution in [3.63, 3.8) is 0 Å². The first-order chi connectivity index (χ1) is 9.51. The minimum atomic E-state index is -0.276. The highest BCUT2D eigenvalue weighted by molar-refractivity contribution is 9.10. The van der Waals surface area contributed by atoms with Crippen LogP contribution in [-0.4, -0.2) is 6.04 Å². The zero-order valence-corrected chi connectivity index (χ0v) is 13.6. The molecule has 2 aromatic rings. The van der Waals surface area contributed by atoms with Gasteiger partial charge < -0.3 is 14.9 Å². The smallest absolute Gasteiger partial charge is 0.171 e. The van der Waals surface area contributed by atoms with Crippen LogP contribution in [0.25, 0.3) is 0 Å². The van der Waals surface area contributed by atoms with Crippen LogP contribution in [0.4, 0.5) is 0 Å². The maximum Gasteiger partial charge on any atom is 0.171 e. The summed E-state index contributed by atoms with van der Waals surface area (Å²) < 4.78 is 12.8. The third kappa shape index (κ3) is 3.44. The van der Waals surface area contributed by atoms with Crippen LogP contribution < -0.4 is 10.5 Å². The van der Waals surface area contributed by atoms with Gasteiger partial charge in [-0.1, -0.05) is 28.9 Å². The Balaban J connectivity index is 2.30. The third-order valence-corrected chi connectivity index (χ3v) is 3.80. The molecule has 0 aliphatic carbocycles. The quantitative estimate of drug-likeness (QED) is 0.872. The van der Waals surface area contributed by atoms with Crippen molar-refractivity contribution in [1.82, 2.24) is 0 Å². The predicted octanol–water partition coefficient (Wildman–Crippen LogP) is 4.52. The minimum Gasteiger partial charge on any atom is -0.481 e. The maximum atomic E-state index is 6.20. The van der Waals surface area contributed by atoms with Crippen molar-refractivity contribution in [2.45, 2.75) is 39.3 Å². The van der Waals surface area contributed by atoms with Crippen molar-refractivity contribution in [3.8, 4) is 5.75 Å². The molecule has 0 radical (unpaired) electrons. The lowest BCUT2D eigenvalue weighted by Crippen LogP contribution is -2.31. The summed E-state index contributed by atoms with van der Waals surface area (Å²) >= 11 is 3.47. The van der Waals surface area contributed by atoms with Gasteiger partial charge in [-0.15, -0.1) is 0 Å². The molecule has 108 valence electrons. The Kier molecular flexibility index (Phi) is 4.89. The lowest BCUT2D eigenvalue weighted by molar-refractivity contribution is 0.142. The molecule has 0 bridgehead atoms. The third-order valence-electron chi connectivity index (χ3n) is 3.31. The molecule has 0 spiro atoms. The van der Waals surface area contributed by atoms with Crippen molar-refractivity contribution in [3.05, 3.63) is 51.9 Å². The van der Waals surface area contributed by atoms with Crippen molar-refractivity contribution in [1.29, 1.82) is 0 Å². The Hall–Kier alpha value is -1.26. The van der Waals surface area contributed by atoms with E-state index in [9.17, 15) is 0 Å². The van der Waals surface area contributed by atoms with E-state index in [4.69, 9.17) is 14.9 Å². The number of ether oxygens (including phenoxy) is 1. The predicted molar refractivity (Wildman–Crippen MR) is 84.0 cm³/mol. The topological polar surface area (TPSA) is 48.4 Å². The van der Waals surface area contributed by atoms with Crippen LogP contribution >= 0.6 is 15.9 Å². The summed E-state index contributed by atoms with van der Waals surface area (Å²) in [6.07, 6.45) is 0.541. The van der Waals surface area contributed by atoms with Crippen LogP contribution in [0.15, 0.2) is 39.2 Å². The van der Waals surface area contributed by atoms with Crippen LogP contribution in [0, 0.1) is 13.8 Å². The molecule has 3 nitrogen and oxygen atoms in total. The van der Waals surface area contributed by atoms with Crippen molar-refractivity contribution in [2.24, 2.45) is 5.73 Å². The summed E-state index contributed by atoms with van der Waals surface area (Å²) in [5.41, 5.74) is 7.27. The molecule has 0 saturated carbocycles. The van der Waals surface area contributed by atoms with E-state index in [-0.39, 0.29) is 12.1 Å². The summed E-state index contributed by atoms with van der Waals surface area (Å²) in [4.78, 5) is 0. The molecule has 1 aromatic carbocycles. The lowest BCUT2D eigenvalue weighted by atomic mass is 10.1. The standard InChI is InChI=1S/C16H20BrNO2/c1-4-13(18)16(14-8-6-11(3)19-14)20-15-9-12(17)7-5-10(15)2/h5-9,13,16H,4,18H2,1-3H3. The fourth-order valence-corrected chi connectivity index (χ4v) is 2.35. The van der Waals surface area contributed by atoms with Gasteiger partial charge >= 0.3 is 0 Å². The first-order valence-electron chi connectivity index (χ1n) is 6.76. The molecule has 2 N–H and O–H groups in total. The zero-order chi connectivity index (χ0) is 14.7.